The summed E-state index contributed by atoms with van der Waals surface area (Å²) in [5, 5.41) is 21.5. The number of nitrogens with zero attached hydrogens (tertiary/aromatic N) is 1. The summed E-state index contributed by atoms with van der Waals surface area (Å²) < 4.78 is 5.02. The molecule has 0 fully saturated rings. The summed E-state index contributed by atoms with van der Waals surface area (Å²) in [4.78, 5) is 26.7. The first-order valence-corrected chi connectivity index (χ1v) is 10.9. The lowest BCUT2D eigenvalue weighted by molar-refractivity contribution is 0.0285. The van der Waals surface area contributed by atoms with Crippen molar-refractivity contribution in [3.8, 4) is 0 Å². The molecule has 0 aliphatic carbocycles. The average Bonchev–Trinajstić information content (AvgIpc) is 2.99. The lowest BCUT2D eigenvalue weighted by Crippen LogP contribution is -2.56. The monoisotopic (exact) mass is 439 g/mol. The van der Waals surface area contributed by atoms with Gasteiger partial charge in [0, 0.05) is 17.7 Å². The molecule has 2 aromatic carbocycles. The largest absolute Gasteiger partial charge is 0.556 e. The second kappa shape index (κ2) is 8.69. The third-order valence-electron chi connectivity index (χ3n) is 5.89. The van der Waals surface area contributed by atoms with Gasteiger partial charge in [0.25, 0.3) is 11.8 Å². The van der Waals surface area contributed by atoms with Gasteiger partial charge in [0.1, 0.15) is 0 Å². The van der Waals surface area contributed by atoms with Crippen LogP contribution in [0, 0.1) is 19.3 Å². The molecule has 1 atom stereocenters. The van der Waals surface area contributed by atoms with Gasteiger partial charge in [-0.05, 0) is 43.9 Å². The quantitative estimate of drug-likeness (QED) is 0.503. The summed E-state index contributed by atoms with van der Waals surface area (Å²) in [6, 6.07) is 9.98. The highest BCUT2D eigenvalue weighted by Crippen LogP contribution is 2.28. The van der Waals surface area contributed by atoms with Gasteiger partial charge in [0.15, 0.2) is 0 Å². The van der Waals surface area contributed by atoms with Crippen LogP contribution in [0.25, 0.3) is 0 Å². The maximum atomic E-state index is 13.6. The number of benzene rings is 2. The van der Waals surface area contributed by atoms with E-state index in [4.69, 9.17) is 4.65 Å². The van der Waals surface area contributed by atoms with Gasteiger partial charge in [-0.2, -0.15) is 0 Å². The van der Waals surface area contributed by atoms with Crippen LogP contribution in [0.4, 0.5) is 0 Å². The Kier molecular flexibility index (Phi) is 6.51. The van der Waals surface area contributed by atoms with E-state index < -0.39 is 12.7 Å². The molecule has 2 aromatic rings. The normalized spacial score (nSPS) is 15.8. The van der Waals surface area contributed by atoms with Crippen LogP contribution < -0.4 is 10.9 Å². The fourth-order valence-corrected chi connectivity index (χ4v) is 4.38. The molecule has 0 spiro atoms. The van der Waals surface area contributed by atoms with Crippen molar-refractivity contribution in [2.75, 3.05) is 0 Å². The molecule has 1 aliphatic rings. The summed E-state index contributed by atoms with van der Waals surface area (Å²) in [5.41, 5.74) is 5.95. The third kappa shape index (κ3) is 4.87. The molecule has 7 nitrogen and oxygen atoms in total. The Morgan fingerprint density at radius 2 is 1.72 bits per heavy atom. The van der Waals surface area contributed by atoms with Gasteiger partial charge in [-0.3, -0.25) is 15.0 Å². The number of hydrazine groups is 1. The van der Waals surface area contributed by atoms with Crippen molar-refractivity contribution in [1.82, 2.24) is 10.4 Å². The molecular weight excluding hydrogens is 407 g/mol. The minimum atomic E-state index is -3.13. The van der Waals surface area contributed by atoms with Crippen molar-refractivity contribution in [3.05, 3.63) is 64.2 Å². The van der Waals surface area contributed by atoms with E-state index in [1.54, 1.807) is 12.1 Å². The predicted octanol–water partition coefficient (Wildman–Crippen LogP) is 2.58. The van der Waals surface area contributed by atoms with E-state index in [1.165, 1.54) is 11.1 Å². The molecule has 1 heterocycles. The number of hydrogen-bond acceptors (Lipinski definition) is 5. The second-order valence-electron chi connectivity index (χ2n) is 9.71. The lowest BCUT2D eigenvalue weighted by Gasteiger charge is -2.39. The summed E-state index contributed by atoms with van der Waals surface area (Å²) in [5.74, 6) is -0.800. The van der Waals surface area contributed by atoms with Crippen molar-refractivity contribution in [2.24, 2.45) is 5.41 Å². The first kappa shape index (κ1) is 24.0. The Bertz CT molecular complexity index is 1020. The number of rotatable bonds is 4. The first-order chi connectivity index (χ1) is 14.8. The number of nitrogens with one attached hydrogen (secondary N) is 1. The second-order valence-corrected chi connectivity index (χ2v) is 9.71. The van der Waals surface area contributed by atoms with Crippen LogP contribution in [-0.4, -0.2) is 39.7 Å². The van der Waals surface area contributed by atoms with E-state index in [0.29, 0.717) is 17.5 Å². The Labute approximate surface area is 189 Å². The lowest BCUT2D eigenvalue weighted by atomic mass is 9.70. The molecule has 3 rings (SSSR count). The van der Waals surface area contributed by atoms with Crippen LogP contribution in [-0.2, 0) is 11.3 Å². The number of hydrogen-bond donors (Lipinski definition) is 3. The van der Waals surface area contributed by atoms with Crippen LogP contribution in [0.1, 0.15) is 71.5 Å². The Morgan fingerprint density at radius 3 is 2.28 bits per heavy atom. The van der Waals surface area contributed by atoms with Gasteiger partial charge in [-0.1, -0.05) is 62.6 Å². The topological polar surface area (TPSA) is 99.1 Å². The van der Waals surface area contributed by atoms with Gasteiger partial charge in [-0.15, -0.1) is 5.46 Å². The van der Waals surface area contributed by atoms with Crippen molar-refractivity contribution in [2.45, 2.75) is 60.6 Å². The van der Waals surface area contributed by atoms with E-state index in [-0.39, 0.29) is 35.0 Å². The number of amides is 2. The van der Waals surface area contributed by atoms with Gasteiger partial charge in [-0.25, -0.2) is 5.01 Å². The number of carbonyl (C=O) groups excluding carboxylic acids is 2. The number of aryl methyl sites for hydroxylation is 2. The van der Waals surface area contributed by atoms with E-state index in [0.717, 1.165) is 11.1 Å². The molecule has 0 aromatic heterocycles. The zero-order valence-corrected chi connectivity index (χ0v) is 19.6. The molecule has 0 saturated carbocycles. The van der Waals surface area contributed by atoms with Crippen LogP contribution in [0.2, 0.25) is 0 Å². The Hall–Kier alpha value is -2.68. The highest BCUT2D eigenvalue weighted by molar-refractivity contribution is 6.74. The molecule has 8 heteroatoms. The van der Waals surface area contributed by atoms with E-state index >= 15 is 0 Å². The molecule has 2 amide bonds. The fraction of sp³-hybridized carbons (Fsp3) is 0.417. The van der Waals surface area contributed by atoms with E-state index in [2.05, 4.69) is 5.43 Å². The Morgan fingerprint density at radius 1 is 1.09 bits per heavy atom. The van der Waals surface area contributed by atoms with Gasteiger partial charge in [0.05, 0.1) is 6.04 Å². The zero-order valence-electron chi connectivity index (χ0n) is 19.6. The van der Waals surface area contributed by atoms with Crippen molar-refractivity contribution >= 4 is 24.0 Å². The SMILES string of the molecule is CC[C@H](N(NC(=O)c1ccc2c(c1)[B-](O)(O)OC2)C(=O)c1cc(C)cc(C)c1)C(C)(C)C. The third-order valence-corrected chi connectivity index (χ3v) is 5.89. The van der Waals surface area contributed by atoms with Crippen LogP contribution in [0.15, 0.2) is 36.4 Å². The number of carbonyl (C=O) groups is 2. The van der Waals surface area contributed by atoms with Crippen molar-refractivity contribution in [1.29, 1.82) is 0 Å². The van der Waals surface area contributed by atoms with Crippen molar-refractivity contribution < 1.29 is 24.3 Å². The maximum absolute atomic E-state index is 13.6. The molecule has 32 heavy (non-hydrogen) atoms. The Balaban J connectivity index is 1.97. The van der Waals surface area contributed by atoms with Gasteiger partial charge < -0.3 is 14.7 Å². The molecular formula is C24H32BN2O5-. The van der Waals surface area contributed by atoms with E-state index in [9.17, 15) is 19.6 Å². The maximum Gasteiger partial charge on any atom is 0.405 e. The van der Waals surface area contributed by atoms with Crippen molar-refractivity contribution in [3.63, 3.8) is 0 Å². The first-order valence-electron chi connectivity index (χ1n) is 10.9. The molecule has 0 bridgehead atoms. The zero-order chi connectivity index (χ0) is 23.8. The van der Waals surface area contributed by atoms with Gasteiger partial charge >= 0.3 is 6.75 Å². The molecule has 0 saturated heterocycles. The predicted molar refractivity (Wildman–Crippen MR) is 124 cm³/mol. The summed E-state index contributed by atoms with van der Waals surface area (Å²) in [7, 11) is 0. The average molecular weight is 439 g/mol. The fourth-order valence-electron chi connectivity index (χ4n) is 4.38. The minimum absolute atomic E-state index is 0.0729. The van der Waals surface area contributed by atoms with Crippen LogP contribution >= 0.6 is 0 Å². The standard InChI is InChI=1S/C24H32BN2O5/c1-7-21(24(4,5)6)27(23(29)19-11-15(2)10-16(3)12-19)26-22(28)17-8-9-18-14-32-25(30,31)20(18)13-17/h8-13,21,30-31H,7,14H2,1-6H3,(H,26,28)/q-1/t21-/m0/s1. The van der Waals surface area contributed by atoms with Gasteiger partial charge in [0.2, 0.25) is 0 Å². The summed E-state index contributed by atoms with van der Waals surface area (Å²) >= 11 is 0. The summed E-state index contributed by atoms with van der Waals surface area (Å²) in [6.07, 6.45) is 0.637. The minimum Gasteiger partial charge on any atom is -0.556 e. The molecule has 1 aliphatic heterocycles. The highest BCUT2D eigenvalue weighted by Gasteiger charge is 2.35. The molecule has 3 N–H and O–H groups in total. The van der Waals surface area contributed by atoms with Crippen LogP contribution in [0.3, 0.4) is 0 Å². The van der Waals surface area contributed by atoms with Crippen LogP contribution in [0.5, 0.6) is 0 Å². The molecule has 0 unspecified atom stereocenters. The highest BCUT2D eigenvalue weighted by atomic mass is 16.6. The van der Waals surface area contributed by atoms with E-state index in [1.807, 2.05) is 59.7 Å². The molecule has 172 valence electrons. The molecule has 0 radical (unpaired) electrons. The summed E-state index contributed by atoms with van der Waals surface area (Å²) in [6.45, 7) is 8.85. The smallest absolute Gasteiger partial charge is 0.405 e. The number of fused-ring (bicyclic) bond motifs is 1.